The van der Waals surface area contributed by atoms with E-state index in [0.717, 1.165) is 16.6 Å². The minimum atomic E-state index is -0.284. The topological polar surface area (TPSA) is 51.7 Å². The number of benzene rings is 2. The van der Waals surface area contributed by atoms with E-state index in [0.29, 0.717) is 19.6 Å². The molecular formula is C24H22N2O3. The maximum Gasteiger partial charge on any atom is 0.411 e. The molecule has 1 amide bonds. The van der Waals surface area contributed by atoms with Crippen LogP contribution in [0.25, 0.3) is 16.3 Å². The Morgan fingerprint density at radius 3 is 2.76 bits per heavy atom. The Morgan fingerprint density at radius 1 is 1.07 bits per heavy atom. The molecule has 2 atom stereocenters. The summed E-state index contributed by atoms with van der Waals surface area (Å²) in [6.45, 7) is 1.27. The van der Waals surface area contributed by atoms with Crippen molar-refractivity contribution in [1.29, 1.82) is 0 Å². The van der Waals surface area contributed by atoms with Crippen LogP contribution in [0.15, 0.2) is 72.9 Å². The lowest BCUT2D eigenvalue weighted by atomic mass is 9.90. The van der Waals surface area contributed by atoms with Crippen LogP contribution in [0.4, 0.5) is 4.79 Å². The monoisotopic (exact) mass is 386 g/mol. The van der Waals surface area contributed by atoms with Crippen LogP contribution in [0.3, 0.4) is 0 Å². The smallest absolute Gasteiger partial charge is 0.411 e. The second kappa shape index (κ2) is 7.68. The average Bonchev–Trinajstić information content (AvgIpc) is 2.77. The van der Waals surface area contributed by atoms with Crippen LogP contribution in [0.2, 0.25) is 0 Å². The molecular weight excluding hydrogens is 364 g/mol. The lowest BCUT2D eigenvalue weighted by molar-refractivity contribution is -0.0342. The Bertz CT molecular complexity index is 1060. The molecule has 1 aromatic heterocycles. The normalized spacial score (nSPS) is 21.0. The van der Waals surface area contributed by atoms with Gasteiger partial charge in [-0.1, -0.05) is 60.7 Å². The minimum Gasteiger partial charge on any atom is -0.445 e. The van der Waals surface area contributed by atoms with Crippen LogP contribution in [0.1, 0.15) is 17.7 Å². The molecule has 2 aliphatic rings. The molecule has 0 saturated carbocycles. The second-order valence-electron chi connectivity index (χ2n) is 7.48. The highest BCUT2D eigenvalue weighted by Crippen LogP contribution is 2.34. The molecule has 1 saturated heterocycles. The molecule has 2 aromatic carbocycles. The number of rotatable bonds is 3. The summed E-state index contributed by atoms with van der Waals surface area (Å²) < 4.78 is 11.3. The van der Waals surface area contributed by atoms with Gasteiger partial charge in [0.05, 0.1) is 31.0 Å². The van der Waals surface area contributed by atoms with Crippen LogP contribution in [-0.4, -0.2) is 41.3 Å². The first-order valence-electron chi connectivity index (χ1n) is 9.91. The van der Waals surface area contributed by atoms with Crippen LogP contribution in [-0.2, 0) is 16.1 Å². The second-order valence-corrected chi connectivity index (χ2v) is 7.48. The van der Waals surface area contributed by atoms with E-state index in [9.17, 15) is 4.79 Å². The summed E-state index contributed by atoms with van der Waals surface area (Å²) in [6.07, 6.45) is 4.39. The van der Waals surface area contributed by atoms with Gasteiger partial charge in [0.25, 0.3) is 0 Å². The molecule has 146 valence electrons. The van der Waals surface area contributed by atoms with E-state index in [1.165, 1.54) is 11.0 Å². The van der Waals surface area contributed by atoms with Gasteiger partial charge in [-0.3, -0.25) is 9.88 Å². The zero-order valence-electron chi connectivity index (χ0n) is 16.0. The van der Waals surface area contributed by atoms with Crippen molar-refractivity contribution in [1.82, 2.24) is 9.88 Å². The van der Waals surface area contributed by atoms with E-state index in [1.807, 2.05) is 59.6 Å². The number of hydrogen-bond donors (Lipinski definition) is 0. The Labute approximate surface area is 169 Å². The van der Waals surface area contributed by atoms with Gasteiger partial charge in [0, 0.05) is 11.6 Å². The fraction of sp³-hybridized carbons (Fsp3) is 0.250. The molecule has 2 aliphatic heterocycles. The van der Waals surface area contributed by atoms with Crippen molar-refractivity contribution in [2.24, 2.45) is 0 Å². The summed E-state index contributed by atoms with van der Waals surface area (Å²) in [4.78, 5) is 19.3. The molecule has 0 N–H and O–H groups in total. The number of amides is 1. The Kier molecular flexibility index (Phi) is 4.74. The van der Waals surface area contributed by atoms with E-state index < -0.39 is 0 Å². The molecule has 3 aromatic rings. The van der Waals surface area contributed by atoms with Gasteiger partial charge in [-0.2, -0.15) is 0 Å². The predicted octanol–water partition coefficient (Wildman–Crippen LogP) is 4.43. The number of carbonyl (C=O) groups is 1. The van der Waals surface area contributed by atoms with Gasteiger partial charge in [0.15, 0.2) is 0 Å². The number of carbonyl (C=O) groups excluding carboxylic acids is 1. The van der Waals surface area contributed by atoms with E-state index in [-0.39, 0.29) is 24.8 Å². The first-order valence-corrected chi connectivity index (χ1v) is 9.91. The largest absolute Gasteiger partial charge is 0.445 e. The van der Waals surface area contributed by atoms with E-state index in [2.05, 4.69) is 23.2 Å². The third-order valence-corrected chi connectivity index (χ3v) is 5.59. The summed E-state index contributed by atoms with van der Waals surface area (Å²) in [5.41, 5.74) is 3.15. The number of nitrogens with zero attached hydrogens (tertiary/aromatic N) is 2. The molecule has 3 heterocycles. The lowest BCUT2D eigenvalue weighted by Crippen LogP contribution is -2.56. The van der Waals surface area contributed by atoms with Crippen molar-refractivity contribution in [3.8, 4) is 0 Å². The maximum absolute atomic E-state index is 12.8. The van der Waals surface area contributed by atoms with Gasteiger partial charge in [-0.05, 0) is 29.0 Å². The van der Waals surface area contributed by atoms with Crippen LogP contribution >= 0.6 is 0 Å². The van der Waals surface area contributed by atoms with Gasteiger partial charge < -0.3 is 9.47 Å². The third kappa shape index (κ3) is 3.49. The van der Waals surface area contributed by atoms with Crippen molar-refractivity contribution in [3.05, 3.63) is 84.2 Å². The highest BCUT2D eigenvalue weighted by Gasteiger charge is 2.39. The van der Waals surface area contributed by atoms with Crippen molar-refractivity contribution in [2.45, 2.75) is 25.1 Å². The van der Waals surface area contributed by atoms with Crippen molar-refractivity contribution in [2.75, 3.05) is 13.2 Å². The van der Waals surface area contributed by atoms with E-state index in [1.54, 1.807) is 0 Å². The summed E-state index contributed by atoms with van der Waals surface area (Å²) in [7, 11) is 0. The third-order valence-electron chi connectivity index (χ3n) is 5.59. The predicted molar refractivity (Wildman–Crippen MR) is 111 cm³/mol. The fourth-order valence-corrected chi connectivity index (χ4v) is 4.23. The number of morpholine rings is 1. The molecule has 2 bridgehead atoms. The van der Waals surface area contributed by atoms with Crippen LogP contribution in [0, 0.1) is 0 Å². The van der Waals surface area contributed by atoms with Gasteiger partial charge in [-0.15, -0.1) is 0 Å². The molecule has 0 radical (unpaired) electrons. The van der Waals surface area contributed by atoms with Crippen molar-refractivity contribution in [3.63, 3.8) is 0 Å². The fourth-order valence-electron chi connectivity index (χ4n) is 4.23. The first kappa shape index (κ1) is 17.9. The van der Waals surface area contributed by atoms with Gasteiger partial charge >= 0.3 is 6.09 Å². The molecule has 1 fully saturated rings. The standard InChI is InChI=1S/C24H22N2O3/c27-24(29-14-17-6-2-1-3-7-17)26-20-12-19(13-21(26)16-28-15-20)23-22-9-5-4-8-18(22)10-11-25-23/h1-12,20-21H,13-16H2. The summed E-state index contributed by atoms with van der Waals surface area (Å²) >= 11 is 0. The minimum absolute atomic E-state index is 0.0437. The quantitative estimate of drug-likeness (QED) is 0.668. The number of fused-ring (bicyclic) bond motifs is 3. The molecule has 29 heavy (non-hydrogen) atoms. The zero-order valence-corrected chi connectivity index (χ0v) is 16.0. The molecule has 0 aliphatic carbocycles. The van der Waals surface area contributed by atoms with Crippen LogP contribution in [0.5, 0.6) is 0 Å². The summed E-state index contributed by atoms with van der Waals surface area (Å²) in [5, 5.41) is 2.31. The number of aromatic nitrogens is 1. The Morgan fingerprint density at radius 2 is 1.90 bits per heavy atom. The van der Waals surface area contributed by atoms with Crippen molar-refractivity contribution >= 4 is 22.4 Å². The number of pyridine rings is 1. The summed E-state index contributed by atoms with van der Waals surface area (Å²) in [6, 6.07) is 19.9. The van der Waals surface area contributed by atoms with Crippen molar-refractivity contribution < 1.29 is 14.3 Å². The van der Waals surface area contributed by atoms with Crippen LogP contribution < -0.4 is 0 Å². The highest BCUT2D eigenvalue weighted by molar-refractivity contribution is 5.92. The number of ether oxygens (including phenoxy) is 2. The molecule has 5 nitrogen and oxygen atoms in total. The van der Waals surface area contributed by atoms with E-state index >= 15 is 0 Å². The Balaban J connectivity index is 1.40. The highest BCUT2D eigenvalue weighted by atomic mass is 16.6. The number of hydrogen-bond acceptors (Lipinski definition) is 4. The average molecular weight is 386 g/mol. The van der Waals surface area contributed by atoms with E-state index in [4.69, 9.17) is 9.47 Å². The summed E-state index contributed by atoms with van der Waals surface area (Å²) in [5.74, 6) is 0. The molecule has 2 unspecified atom stereocenters. The Hall–Kier alpha value is -3.18. The molecule has 5 rings (SSSR count). The van der Waals surface area contributed by atoms with Gasteiger partial charge in [-0.25, -0.2) is 4.79 Å². The molecule has 0 spiro atoms. The molecule has 5 heteroatoms. The SMILES string of the molecule is O=C(OCc1ccccc1)N1C2C=C(c3nccc4ccccc34)CC1COC2. The maximum atomic E-state index is 12.8. The van der Waals surface area contributed by atoms with Gasteiger partial charge in [0.1, 0.15) is 6.61 Å². The van der Waals surface area contributed by atoms with Gasteiger partial charge in [0.2, 0.25) is 0 Å². The zero-order chi connectivity index (χ0) is 19.6. The first-order chi connectivity index (χ1) is 14.3. The lowest BCUT2D eigenvalue weighted by Gasteiger charge is -2.43.